The second-order valence-electron chi connectivity index (χ2n) is 4.84. The van der Waals surface area contributed by atoms with Crippen molar-refractivity contribution in [3.05, 3.63) is 0 Å². The number of ether oxygens (including phenoxy) is 2. The molecule has 1 fully saturated rings. The van der Waals surface area contributed by atoms with Gasteiger partial charge in [0, 0.05) is 38.9 Å². The van der Waals surface area contributed by atoms with E-state index in [4.69, 9.17) is 9.47 Å². The van der Waals surface area contributed by atoms with Crippen LogP contribution in [0.25, 0.3) is 0 Å². The highest BCUT2D eigenvalue weighted by Crippen LogP contribution is 2.08. The minimum atomic E-state index is 0.655. The lowest BCUT2D eigenvalue weighted by atomic mass is 10.0. The predicted octanol–water partition coefficient (Wildman–Crippen LogP) is 1.50. The molecule has 0 aromatic heterocycles. The van der Waals surface area contributed by atoms with E-state index in [1.807, 2.05) is 13.8 Å². The van der Waals surface area contributed by atoms with Crippen molar-refractivity contribution in [1.82, 2.24) is 10.2 Å². The van der Waals surface area contributed by atoms with Crippen LogP contribution in [-0.2, 0) is 9.47 Å². The first-order valence-corrected chi connectivity index (χ1v) is 7.48. The molecule has 0 saturated carbocycles. The topological polar surface area (TPSA) is 33.7 Å². The van der Waals surface area contributed by atoms with Crippen molar-refractivity contribution in [2.45, 2.75) is 39.2 Å². The summed E-state index contributed by atoms with van der Waals surface area (Å²) in [6.07, 6.45) is 4.00. The normalized spacial score (nSPS) is 20.5. The molecule has 1 unspecified atom stereocenters. The minimum absolute atomic E-state index is 0.655. The van der Waals surface area contributed by atoms with Gasteiger partial charge in [0.2, 0.25) is 0 Å². The van der Waals surface area contributed by atoms with Crippen LogP contribution in [0, 0.1) is 0 Å². The third kappa shape index (κ3) is 7.31. The fraction of sp³-hybridized carbons (Fsp3) is 1.00. The van der Waals surface area contributed by atoms with Crippen LogP contribution in [0.1, 0.15) is 33.1 Å². The minimum Gasteiger partial charge on any atom is -0.380 e. The number of hydrogen-bond donors (Lipinski definition) is 1. The molecule has 0 aromatic carbocycles. The van der Waals surface area contributed by atoms with Crippen molar-refractivity contribution < 1.29 is 9.47 Å². The van der Waals surface area contributed by atoms with Crippen LogP contribution in [0.3, 0.4) is 0 Å². The highest BCUT2D eigenvalue weighted by atomic mass is 16.5. The van der Waals surface area contributed by atoms with Gasteiger partial charge in [-0.2, -0.15) is 0 Å². The fourth-order valence-corrected chi connectivity index (χ4v) is 2.36. The third-order valence-electron chi connectivity index (χ3n) is 3.40. The Morgan fingerprint density at radius 1 is 1.06 bits per heavy atom. The molecule has 0 amide bonds. The Bertz CT molecular complexity index is 175. The summed E-state index contributed by atoms with van der Waals surface area (Å²) in [5, 5.41) is 3.61. The molecular formula is C14H30N2O2. The van der Waals surface area contributed by atoms with Crippen LogP contribution in [0.15, 0.2) is 0 Å². The SMILES string of the molecule is CCOCCN(CCOCC)CC1CCCCN1. The van der Waals surface area contributed by atoms with E-state index in [9.17, 15) is 0 Å². The molecule has 1 aliphatic heterocycles. The summed E-state index contributed by atoms with van der Waals surface area (Å²) in [5.41, 5.74) is 0. The number of hydrogen-bond acceptors (Lipinski definition) is 4. The molecule has 0 radical (unpaired) electrons. The Morgan fingerprint density at radius 3 is 2.22 bits per heavy atom. The van der Waals surface area contributed by atoms with Crippen molar-refractivity contribution in [1.29, 1.82) is 0 Å². The molecule has 0 spiro atoms. The quantitative estimate of drug-likeness (QED) is 0.602. The zero-order chi connectivity index (χ0) is 13.1. The standard InChI is InChI=1S/C14H30N2O2/c1-3-17-11-9-16(10-12-18-4-2)13-14-7-5-6-8-15-14/h14-15H,3-13H2,1-2H3. The molecule has 1 saturated heterocycles. The molecule has 4 nitrogen and oxygen atoms in total. The van der Waals surface area contributed by atoms with Crippen molar-refractivity contribution in [3.8, 4) is 0 Å². The fourth-order valence-electron chi connectivity index (χ4n) is 2.36. The van der Waals surface area contributed by atoms with Gasteiger partial charge < -0.3 is 14.8 Å². The Morgan fingerprint density at radius 2 is 1.72 bits per heavy atom. The van der Waals surface area contributed by atoms with Gasteiger partial charge in [0.05, 0.1) is 13.2 Å². The molecule has 18 heavy (non-hydrogen) atoms. The molecule has 0 aliphatic carbocycles. The van der Waals surface area contributed by atoms with E-state index >= 15 is 0 Å². The molecule has 108 valence electrons. The first-order valence-electron chi connectivity index (χ1n) is 7.48. The van der Waals surface area contributed by atoms with E-state index < -0.39 is 0 Å². The van der Waals surface area contributed by atoms with Gasteiger partial charge in [-0.3, -0.25) is 4.90 Å². The van der Waals surface area contributed by atoms with Gasteiger partial charge in [-0.25, -0.2) is 0 Å². The lowest BCUT2D eigenvalue weighted by Crippen LogP contribution is -2.45. The summed E-state index contributed by atoms with van der Waals surface area (Å²) < 4.78 is 10.9. The van der Waals surface area contributed by atoms with E-state index in [1.165, 1.54) is 25.8 Å². The summed E-state index contributed by atoms with van der Waals surface area (Å²) in [7, 11) is 0. The second-order valence-corrected chi connectivity index (χ2v) is 4.84. The van der Waals surface area contributed by atoms with Crippen LogP contribution in [-0.4, -0.2) is 63.5 Å². The van der Waals surface area contributed by atoms with E-state index in [-0.39, 0.29) is 0 Å². The molecule has 0 aromatic rings. The largest absolute Gasteiger partial charge is 0.380 e. The Balaban J connectivity index is 2.22. The first-order chi connectivity index (χ1) is 8.86. The van der Waals surface area contributed by atoms with Gasteiger partial charge >= 0.3 is 0 Å². The Hall–Kier alpha value is -0.160. The van der Waals surface area contributed by atoms with Gasteiger partial charge in [-0.05, 0) is 33.2 Å². The summed E-state index contributed by atoms with van der Waals surface area (Å²) in [5.74, 6) is 0. The second kappa shape index (κ2) is 10.7. The molecule has 4 heteroatoms. The Labute approximate surface area is 112 Å². The number of rotatable bonds is 10. The highest BCUT2D eigenvalue weighted by molar-refractivity contribution is 4.76. The number of nitrogens with zero attached hydrogens (tertiary/aromatic N) is 1. The summed E-state index contributed by atoms with van der Waals surface area (Å²) >= 11 is 0. The van der Waals surface area contributed by atoms with Crippen molar-refractivity contribution in [2.24, 2.45) is 0 Å². The maximum atomic E-state index is 5.46. The van der Waals surface area contributed by atoms with Crippen LogP contribution in [0.5, 0.6) is 0 Å². The smallest absolute Gasteiger partial charge is 0.0593 e. The van der Waals surface area contributed by atoms with Crippen molar-refractivity contribution in [2.75, 3.05) is 52.6 Å². The van der Waals surface area contributed by atoms with Crippen LogP contribution in [0.4, 0.5) is 0 Å². The average molecular weight is 258 g/mol. The molecule has 0 bridgehead atoms. The molecule has 1 aliphatic rings. The van der Waals surface area contributed by atoms with E-state index in [1.54, 1.807) is 0 Å². The zero-order valence-corrected chi connectivity index (χ0v) is 12.1. The van der Waals surface area contributed by atoms with Crippen molar-refractivity contribution in [3.63, 3.8) is 0 Å². The number of nitrogens with one attached hydrogen (secondary N) is 1. The van der Waals surface area contributed by atoms with E-state index in [2.05, 4.69) is 10.2 Å². The number of piperidine rings is 1. The van der Waals surface area contributed by atoms with Gasteiger partial charge in [0.25, 0.3) is 0 Å². The molecule has 1 heterocycles. The van der Waals surface area contributed by atoms with Gasteiger partial charge in [0.1, 0.15) is 0 Å². The van der Waals surface area contributed by atoms with E-state index in [0.717, 1.165) is 46.1 Å². The van der Waals surface area contributed by atoms with E-state index in [0.29, 0.717) is 6.04 Å². The lowest BCUT2D eigenvalue weighted by Gasteiger charge is -2.30. The first kappa shape index (κ1) is 15.9. The van der Waals surface area contributed by atoms with Crippen LogP contribution >= 0.6 is 0 Å². The van der Waals surface area contributed by atoms with Gasteiger partial charge in [-0.1, -0.05) is 6.42 Å². The average Bonchev–Trinajstić information content (AvgIpc) is 2.40. The van der Waals surface area contributed by atoms with Gasteiger partial charge in [-0.15, -0.1) is 0 Å². The Kier molecular flexibility index (Phi) is 9.48. The summed E-state index contributed by atoms with van der Waals surface area (Å²) in [6.45, 7) is 11.7. The maximum Gasteiger partial charge on any atom is 0.0593 e. The molecular weight excluding hydrogens is 228 g/mol. The zero-order valence-electron chi connectivity index (χ0n) is 12.1. The van der Waals surface area contributed by atoms with Crippen LogP contribution < -0.4 is 5.32 Å². The molecule has 1 rings (SSSR count). The van der Waals surface area contributed by atoms with Gasteiger partial charge in [0.15, 0.2) is 0 Å². The third-order valence-corrected chi connectivity index (χ3v) is 3.40. The predicted molar refractivity (Wildman–Crippen MR) is 75.1 cm³/mol. The molecule has 1 N–H and O–H groups in total. The maximum absolute atomic E-state index is 5.46. The summed E-state index contributed by atoms with van der Waals surface area (Å²) in [6, 6.07) is 0.655. The summed E-state index contributed by atoms with van der Waals surface area (Å²) in [4.78, 5) is 2.47. The monoisotopic (exact) mass is 258 g/mol. The van der Waals surface area contributed by atoms with Crippen molar-refractivity contribution >= 4 is 0 Å². The van der Waals surface area contributed by atoms with Crippen LogP contribution in [0.2, 0.25) is 0 Å². The highest BCUT2D eigenvalue weighted by Gasteiger charge is 2.16. The lowest BCUT2D eigenvalue weighted by molar-refractivity contribution is 0.0767. The molecule has 1 atom stereocenters.